The molecule has 1 aromatic rings. The second-order valence-electron chi connectivity index (χ2n) is 7.03. The molecule has 1 aliphatic heterocycles. The van der Waals surface area contributed by atoms with Crippen LogP contribution in [0.2, 0.25) is 0 Å². The molecule has 0 unspecified atom stereocenters. The SMILES string of the molecule is CN1CC[C@H](OC(=O)Cc2cccc(C3CCCCC3)c2O)C1. The van der Waals surface area contributed by atoms with E-state index in [9.17, 15) is 9.90 Å². The molecular weight excluding hydrogens is 290 g/mol. The first-order chi connectivity index (χ1) is 11.1. The molecule has 3 rings (SSSR count). The van der Waals surface area contributed by atoms with Crippen molar-refractivity contribution >= 4 is 5.97 Å². The van der Waals surface area contributed by atoms with Crippen LogP contribution in [0.3, 0.4) is 0 Å². The number of nitrogens with zero attached hydrogens (tertiary/aromatic N) is 1. The van der Waals surface area contributed by atoms with Crippen LogP contribution in [0.25, 0.3) is 0 Å². The Labute approximate surface area is 138 Å². The summed E-state index contributed by atoms with van der Waals surface area (Å²) in [6.07, 6.45) is 7.07. The zero-order valence-electron chi connectivity index (χ0n) is 14.0. The fourth-order valence-electron chi connectivity index (χ4n) is 3.87. The van der Waals surface area contributed by atoms with Crippen LogP contribution in [0, 0.1) is 0 Å². The third kappa shape index (κ3) is 4.05. The summed E-state index contributed by atoms with van der Waals surface area (Å²) >= 11 is 0. The number of carbonyl (C=O) groups is 1. The van der Waals surface area contributed by atoms with E-state index in [0.29, 0.717) is 17.2 Å². The molecule has 0 amide bonds. The van der Waals surface area contributed by atoms with Crippen molar-refractivity contribution in [2.75, 3.05) is 20.1 Å². The first-order valence-electron chi connectivity index (χ1n) is 8.82. The van der Waals surface area contributed by atoms with Crippen molar-refractivity contribution in [1.29, 1.82) is 0 Å². The lowest BCUT2D eigenvalue weighted by atomic mass is 9.83. The number of hydrogen-bond donors (Lipinski definition) is 1. The van der Waals surface area contributed by atoms with Crippen molar-refractivity contribution in [1.82, 2.24) is 4.90 Å². The quantitative estimate of drug-likeness (QED) is 0.866. The predicted octanol–water partition coefficient (Wildman–Crippen LogP) is 3.23. The number of ether oxygens (including phenoxy) is 1. The maximum atomic E-state index is 12.2. The number of benzene rings is 1. The van der Waals surface area contributed by atoms with E-state index in [1.54, 1.807) is 0 Å². The lowest BCUT2D eigenvalue weighted by molar-refractivity contribution is -0.147. The van der Waals surface area contributed by atoms with Gasteiger partial charge >= 0.3 is 5.97 Å². The average Bonchev–Trinajstić information content (AvgIpc) is 2.95. The van der Waals surface area contributed by atoms with Gasteiger partial charge in [-0.1, -0.05) is 37.5 Å². The summed E-state index contributed by atoms with van der Waals surface area (Å²) in [5.41, 5.74) is 1.71. The van der Waals surface area contributed by atoms with E-state index < -0.39 is 0 Å². The van der Waals surface area contributed by atoms with Gasteiger partial charge < -0.3 is 14.7 Å². The van der Waals surface area contributed by atoms with E-state index in [1.807, 2.05) is 25.2 Å². The maximum Gasteiger partial charge on any atom is 0.310 e. The number of phenols is 1. The highest BCUT2D eigenvalue weighted by Gasteiger charge is 2.24. The van der Waals surface area contributed by atoms with Gasteiger partial charge in [0.05, 0.1) is 6.42 Å². The van der Waals surface area contributed by atoms with Gasteiger partial charge in [0.1, 0.15) is 11.9 Å². The number of rotatable bonds is 4. The van der Waals surface area contributed by atoms with Crippen LogP contribution in [0.1, 0.15) is 55.6 Å². The Hall–Kier alpha value is -1.55. The largest absolute Gasteiger partial charge is 0.507 e. The summed E-state index contributed by atoms with van der Waals surface area (Å²) in [4.78, 5) is 14.3. The van der Waals surface area contributed by atoms with Gasteiger partial charge in [0.25, 0.3) is 0 Å². The van der Waals surface area contributed by atoms with Crippen molar-refractivity contribution in [2.45, 2.75) is 57.0 Å². The topological polar surface area (TPSA) is 49.8 Å². The van der Waals surface area contributed by atoms with E-state index in [1.165, 1.54) is 19.3 Å². The molecule has 1 N–H and O–H groups in total. The molecular formula is C19H27NO3. The Morgan fingerprint density at radius 2 is 2.04 bits per heavy atom. The van der Waals surface area contributed by atoms with Gasteiger partial charge in [-0.25, -0.2) is 0 Å². The molecule has 1 aromatic carbocycles. The molecule has 0 aromatic heterocycles. The number of aromatic hydroxyl groups is 1. The minimum Gasteiger partial charge on any atom is -0.507 e. The van der Waals surface area contributed by atoms with Crippen LogP contribution in [0.15, 0.2) is 18.2 Å². The number of likely N-dealkylation sites (tertiary alicyclic amines) is 1. The fourth-order valence-corrected chi connectivity index (χ4v) is 3.87. The van der Waals surface area contributed by atoms with E-state index in [0.717, 1.165) is 37.9 Å². The third-order valence-corrected chi connectivity index (χ3v) is 5.18. The molecule has 0 radical (unpaired) electrons. The van der Waals surface area contributed by atoms with Gasteiger partial charge in [-0.2, -0.15) is 0 Å². The van der Waals surface area contributed by atoms with Crippen molar-refractivity contribution in [3.05, 3.63) is 29.3 Å². The summed E-state index contributed by atoms with van der Waals surface area (Å²) in [6, 6.07) is 5.80. The molecule has 1 saturated heterocycles. The second-order valence-corrected chi connectivity index (χ2v) is 7.03. The normalized spacial score (nSPS) is 23.1. The molecule has 2 fully saturated rings. The average molecular weight is 317 g/mol. The number of para-hydroxylation sites is 1. The Bertz CT molecular complexity index is 552. The summed E-state index contributed by atoms with van der Waals surface area (Å²) in [5.74, 6) is 0.504. The number of phenolic OH excluding ortho intramolecular Hbond substituents is 1. The van der Waals surface area contributed by atoms with E-state index in [-0.39, 0.29) is 18.5 Å². The Balaban J connectivity index is 1.64. The molecule has 4 heteroatoms. The van der Waals surface area contributed by atoms with Gasteiger partial charge in [0.2, 0.25) is 0 Å². The van der Waals surface area contributed by atoms with Crippen LogP contribution in [-0.2, 0) is 16.0 Å². The van der Waals surface area contributed by atoms with Crippen LogP contribution in [0.4, 0.5) is 0 Å². The van der Waals surface area contributed by atoms with Gasteiger partial charge in [0, 0.05) is 18.7 Å². The molecule has 126 valence electrons. The minimum atomic E-state index is -0.235. The number of likely N-dealkylation sites (N-methyl/N-ethyl adjacent to an activating group) is 1. The molecule has 1 saturated carbocycles. The lowest BCUT2D eigenvalue weighted by Gasteiger charge is -2.23. The number of esters is 1. The third-order valence-electron chi connectivity index (χ3n) is 5.18. The molecule has 1 atom stereocenters. The highest BCUT2D eigenvalue weighted by atomic mass is 16.5. The molecule has 1 heterocycles. The molecule has 1 aliphatic carbocycles. The van der Waals surface area contributed by atoms with Gasteiger partial charge in [-0.05, 0) is 37.8 Å². The van der Waals surface area contributed by atoms with Crippen LogP contribution < -0.4 is 0 Å². The highest BCUT2D eigenvalue weighted by Crippen LogP contribution is 2.38. The maximum absolute atomic E-state index is 12.2. The van der Waals surface area contributed by atoms with E-state index >= 15 is 0 Å². The Morgan fingerprint density at radius 3 is 2.74 bits per heavy atom. The molecule has 23 heavy (non-hydrogen) atoms. The summed E-state index contributed by atoms with van der Waals surface area (Å²) < 4.78 is 5.53. The van der Waals surface area contributed by atoms with Crippen LogP contribution in [-0.4, -0.2) is 42.2 Å². The van der Waals surface area contributed by atoms with Crippen molar-refractivity contribution in [3.63, 3.8) is 0 Å². The Morgan fingerprint density at radius 1 is 1.26 bits per heavy atom. The lowest BCUT2D eigenvalue weighted by Crippen LogP contribution is -2.23. The van der Waals surface area contributed by atoms with E-state index in [2.05, 4.69) is 4.90 Å². The number of hydrogen-bond acceptors (Lipinski definition) is 4. The minimum absolute atomic E-state index is 0.00355. The summed E-state index contributed by atoms with van der Waals surface area (Å²) in [6.45, 7) is 1.78. The van der Waals surface area contributed by atoms with Crippen LogP contribution >= 0.6 is 0 Å². The van der Waals surface area contributed by atoms with Gasteiger partial charge in [0.15, 0.2) is 0 Å². The van der Waals surface area contributed by atoms with Crippen molar-refractivity contribution < 1.29 is 14.6 Å². The molecule has 4 nitrogen and oxygen atoms in total. The number of carbonyl (C=O) groups excluding carboxylic acids is 1. The summed E-state index contributed by atoms with van der Waals surface area (Å²) in [7, 11) is 2.04. The highest BCUT2D eigenvalue weighted by molar-refractivity contribution is 5.74. The fraction of sp³-hybridized carbons (Fsp3) is 0.632. The monoisotopic (exact) mass is 317 g/mol. The standard InChI is InChI=1S/C19H27NO3/c1-20-11-10-16(13-20)23-18(21)12-15-8-5-9-17(19(15)22)14-6-3-2-4-7-14/h5,8-9,14,16,22H,2-4,6-7,10-13H2,1H3/t16-/m0/s1. The first-order valence-corrected chi connectivity index (χ1v) is 8.82. The smallest absolute Gasteiger partial charge is 0.310 e. The van der Waals surface area contributed by atoms with Gasteiger partial charge in [-0.3, -0.25) is 4.79 Å². The van der Waals surface area contributed by atoms with Gasteiger partial charge in [-0.15, -0.1) is 0 Å². The van der Waals surface area contributed by atoms with E-state index in [4.69, 9.17) is 4.74 Å². The van der Waals surface area contributed by atoms with Crippen molar-refractivity contribution in [3.8, 4) is 5.75 Å². The molecule has 0 spiro atoms. The first kappa shape index (κ1) is 16.3. The zero-order valence-corrected chi connectivity index (χ0v) is 14.0. The van der Waals surface area contributed by atoms with Crippen LogP contribution in [0.5, 0.6) is 5.75 Å². The summed E-state index contributed by atoms with van der Waals surface area (Å²) in [5, 5.41) is 10.6. The molecule has 2 aliphatic rings. The molecule has 0 bridgehead atoms. The van der Waals surface area contributed by atoms with Crippen molar-refractivity contribution in [2.24, 2.45) is 0 Å². The predicted molar refractivity (Wildman–Crippen MR) is 89.6 cm³/mol. The Kier molecular flexibility index (Phi) is 5.21. The zero-order chi connectivity index (χ0) is 16.2. The second kappa shape index (κ2) is 7.35.